The molecule has 0 heterocycles. The number of likely N-dealkylation sites (N-methyl/N-ethyl adjacent to an activating group) is 1. The summed E-state index contributed by atoms with van der Waals surface area (Å²) < 4.78 is 30.3. The number of hydrogen-bond acceptors (Lipinski definition) is 7. The van der Waals surface area contributed by atoms with Crippen molar-refractivity contribution in [3.05, 3.63) is 12.2 Å². The maximum Gasteiger partial charge on any atom is 0.306 e. The molecule has 0 radical (unpaired) electrons. The van der Waals surface area contributed by atoms with Gasteiger partial charge < -0.3 is 28.5 Å². The minimum absolute atomic E-state index is 0.0167. The number of rotatable bonds is 60. The van der Waals surface area contributed by atoms with Gasteiger partial charge in [-0.3, -0.25) is 14.2 Å². The van der Waals surface area contributed by atoms with E-state index in [2.05, 4.69) is 26.1 Å². The predicted octanol–water partition coefficient (Wildman–Crippen LogP) is 19.3. The molecule has 0 bridgehead atoms. The number of amides is 1. The topological polar surface area (TPSA) is 114 Å². The van der Waals surface area contributed by atoms with Gasteiger partial charge in [0.05, 0.1) is 33.8 Å². The summed E-state index contributed by atoms with van der Waals surface area (Å²) in [7, 11) is 1.21. The fraction of sp³-hybridized carbons (Fsp3) is 0.938. The van der Waals surface area contributed by atoms with Gasteiger partial charge in [-0.05, 0) is 31.8 Å². The Kier molecular flexibility index (Phi) is 54.1. The van der Waals surface area contributed by atoms with Gasteiger partial charge in [0.2, 0.25) is 5.91 Å². The number of phosphoric ester groups is 1. The van der Waals surface area contributed by atoms with Crippen LogP contribution in [-0.2, 0) is 27.9 Å². The Balaban J connectivity index is 5.10. The second-order valence-corrected chi connectivity index (χ2v) is 25.0. The molecule has 0 aliphatic carbocycles. The van der Waals surface area contributed by atoms with Crippen molar-refractivity contribution < 1.29 is 37.3 Å². The van der Waals surface area contributed by atoms with E-state index in [1.807, 2.05) is 33.3 Å². The van der Waals surface area contributed by atoms with Gasteiger partial charge in [0.25, 0.3) is 7.82 Å². The highest BCUT2D eigenvalue weighted by Crippen LogP contribution is 2.38. The zero-order valence-electron chi connectivity index (χ0n) is 50.3. The van der Waals surface area contributed by atoms with Crippen LogP contribution in [0.5, 0.6) is 0 Å². The predicted molar refractivity (Wildman–Crippen MR) is 317 cm³/mol. The number of allylic oxidation sites excluding steroid dienone is 1. The summed E-state index contributed by atoms with van der Waals surface area (Å²) in [5, 5.41) is 3.04. The van der Waals surface area contributed by atoms with Crippen molar-refractivity contribution in [2.75, 3.05) is 40.9 Å². The van der Waals surface area contributed by atoms with Gasteiger partial charge in [0.1, 0.15) is 19.3 Å². The van der Waals surface area contributed by atoms with E-state index >= 15 is 0 Å². The van der Waals surface area contributed by atoms with Gasteiger partial charge in [-0.25, -0.2) is 0 Å². The third kappa shape index (κ3) is 55.5. The summed E-state index contributed by atoms with van der Waals surface area (Å²) in [4.78, 5) is 40.0. The number of phosphoric acid groups is 1. The second-order valence-electron chi connectivity index (χ2n) is 23.6. The van der Waals surface area contributed by atoms with Crippen molar-refractivity contribution in [1.29, 1.82) is 0 Å². The standard InChI is InChI=1S/C64H127N2O7P/c1-7-10-13-16-19-22-25-27-29-31-32-33-34-35-37-39-42-45-48-51-54-57-64(68)73-62(55-52-49-46-43-40-24-21-18-15-12-9-3)61(60-72-74(69,70)71-59-58-66(4,5)6)65-63(67)56-53-50-47-44-41-38-36-30-28-26-23-20-17-14-11-8-2/h52,55,61-62H,7-51,53-54,56-60H2,1-6H3,(H-,65,67,69,70)/b55-52+. The van der Waals surface area contributed by atoms with E-state index in [9.17, 15) is 19.0 Å². The minimum Gasteiger partial charge on any atom is -0.756 e. The normalized spacial score (nSPS) is 13.7. The first kappa shape index (κ1) is 72.8. The van der Waals surface area contributed by atoms with Crippen LogP contribution in [0.2, 0.25) is 0 Å². The van der Waals surface area contributed by atoms with Crippen LogP contribution in [0.25, 0.3) is 0 Å². The van der Waals surface area contributed by atoms with Crippen LogP contribution in [0.4, 0.5) is 0 Å². The molecule has 1 amide bonds. The van der Waals surface area contributed by atoms with Crippen molar-refractivity contribution in [3.63, 3.8) is 0 Å². The van der Waals surface area contributed by atoms with E-state index in [1.54, 1.807) is 0 Å². The average Bonchev–Trinajstić information content (AvgIpc) is 3.36. The number of esters is 1. The van der Waals surface area contributed by atoms with Crippen LogP contribution in [0.15, 0.2) is 12.2 Å². The molecule has 0 aromatic carbocycles. The molecule has 0 saturated carbocycles. The third-order valence-corrected chi connectivity index (χ3v) is 15.9. The van der Waals surface area contributed by atoms with Crippen LogP contribution in [-0.4, -0.2) is 69.4 Å². The molecule has 3 unspecified atom stereocenters. The lowest BCUT2D eigenvalue weighted by Gasteiger charge is -2.30. The van der Waals surface area contributed by atoms with Gasteiger partial charge in [-0.15, -0.1) is 0 Å². The van der Waals surface area contributed by atoms with E-state index < -0.39 is 20.0 Å². The zero-order chi connectivity index (χ0) is 54.3. The summed E-state index contributed by atoms with van der Waals surface area (Å²) in [5.41, 5.74) is 0. The van der Waals surface area contributed by atoms with E-state index in [0.29, 0.717) is 17.4 Å². The highest BCUT2D eigenvalue weighted by molar-refractivity contribution is 7.45. The first-order chi connectivity index (χ1) is 35.9. The molecular weight excluding hydrogens is 940 g/mol. The van der Waals surface area contributed by atoms with Crippen molar-refractivity contribution in [3.8, 4) is 0 Å². The molecule has 9 nitrogen and oxygen atoms in total. The molecular formula is C64H127N2O7P. The summed E-state index contributed by atoms with van der Waals surface area (Å²) in [5.74, 6) is -0.518. The van der Waals surface area contributed by atoms with E-state index in [1.165, 1.54) is 244 Å². The van der Waals surface area contributed by atoms with Crippen molar-refractivity contribution in [1.82, 2.24) is 5.32 Å². The number of nitrogens with zero attached hydrogens (tertiary/aromatic N) is 1. The fourth-order valence-electron chi connectivity index (χ4n) is 9.94. The number of carbonyl (C=O) groups is 2. The Labute approximate surface area is 461 Å². The largest absolute Gasteiger partial charge is 0.756 e. The summed E-state index contributed by atoms with van der Waals surface area (Å²) >= 11 is 0. The summed E-state index contributed by atoms with van der Waals surface area (Å²) in [6, 6.07) is -0.879. The number of hydrogen-bond donors (Lipinski definition) is 1. The molecule has 0 saturated heterocycles. The highest BCUT2D eigenvalue weighted by atomic mass is 31.2. The van der Waals surface area contributed by atoms with Crippen molar-refractivity contribution in [2.45, 2.75) is 348 Å². The van der Waals surface area contributed by atoms with Gasteiger partial charge in [0.15, 0.2) is 0 Å². The lowest BCUT2D eigenvalue weighted by atomic mass is 10.0. The zero-order valence-corrected chi connectivity index (χ0v) is 51.2. The van der Waals surface area contributed by atoms with Crippen LogP contribution in [0.1, 0.15) is 335 Å². The van der Waals surface area contributed by atoms with E-state index in [0.717, 1.165) is 57.8 Å². The molecule has 0 spiro atoms. The smallest absolute Gasteiger partial charge is 0.306 e. The number of unbranched alkanes of at least 4 members (excludes halogenated alkanes) is 44. The Morgan fingerprint density at radius 2 is 0.770 bits per heavy atom. The van der Waals surface area contributed by atoms with E-state index in [-0.39, 0.29) is 31.5 Å². The number of quaternary nitrogens is 1. The van der Waals surface area contributed by atoms with Gasteiger partial charge in [-0.1, -0.05) is 303 Å². The maximum atomic E-state index is 13.5. The molecule has 0 aliphatic heterocycles. The molecule has 0 rings (SSSR count). The van der Waals surface area contributed by atoms with E-state index in [4.69, 9.17) is 13.8 Å². The van der Waals surface area contributed by atoms with Crippen molar-refractivity contribution >= 4 is 19.7 Å². The fourth-order valence-corrected chi connectivity index (χ4v) is 10.7. The van der Waals surface area contributed by atoms with Crippen LogP contribution in [0.3, 0.4) is 0 Å². The van der Waals surface area contributed by atoms with Crippen LogP contribution < -0.4 is 10.2 Å². The average molecular weight is 1070 g/mol. The molecule has 440 valence electrons. The molecule has 0 aromatic rings. The second kappa shape index (κ2) is 55.1. The van der Waals surface area contributed by atoms with Gasteiger partial charge in [-0.2, -0.15) is 0 Å². The lowest BCUT2D eigenvalue weighted by Crippen LogP contribution is -2.47. The summed E-state index contributed by atoms with van der Waals surface area (Å²) in [6.07, 6.45) is 63.2. The Hall–Kier alpha value is -1.25. The molecule has 10 heteroatoms. The monoisotopic (exact) mass is 1070 g/mol. The molecule has 3 atom stereocenters. The molecule has 74 heavy (non-hydrogen) atoms. The Bertz CT molecular complexity index is 1270. The van der Waals surface area contributed by atoms with Gasteiger partial charge in [0, 0.05) is 12.8 Å². The molecule has 0 aromatic heterocycles. The SMILES string of the molecule is CCCCCCCCCCC/C=C/C(OC(=O)CCCCCCCCCCCCCCCCCCCCCCC)C(COP(=O)([O-])OCC[N+](C)(C)C)NC(=O)CCCCCCCCCCCCCCCCCC. The highest BCUT2D eigenvalue weighted by Gasteiger charge is 2.27. The first-order valence-electron chi connectivity index (χ1n) is 32.5. The number of ether oxygens (including phenoxy) is 1. The summed E-state index contributed by atoms with van der Waals surface area (Å²) in [6.45, 7) is 6.90. The third-order valence-electron chi connectivity index (χ3n) is 15.0. The van der Waals surface area contributed by atoms with Crippen LogP contribution in [0, 0.1) is 0 Å². The Morgan fingerprint density at radius 1 is 0.459 bits per heavy atom. The molecule has 0 aliphatic rings. The quantitative estimate of drug-likeness (QED) is 0.0212. The number of nitrogens with one attached hydrogen (secondary N) is 1. The maximum absolute atomic E-state index is 13.5. The molecule has 1 N–H and O–H groups in total. The number of carbonyl (C=O) groups excluding carboxylic acids is 2. The first-order valence-corrected chi connectivity index (χ1v) is 34.0. The minimum atomic E-state index is -4.69. The Morgan fingerprint density at radius 3 is 1.11 bits per heavy atom. The van der Waals surface area contributed by atoms with Crippen LogP contribution >= 0.6 is 7.82 Å². The lowest BCUT2D eigenvalue weighted by molar-refractivity contribution is -0.870. The van der Waals surface area contributed by atoms with Gasteiger partial charge >= 0.3 is 5.97 Å². The molecule has 0 fully saturated rings. The van der Waals surface area contributed by atoms with Crippen molar-refractivity contribution in [2.24, 2.45) is 0 Å².